The zero-order valence-electron chi connectivity index (χ0n) is 14.5. The molecule has 126 valence electrons. The highest BCUT2D eigenvalue weighted by Gasteiger charge is 2.16. The Morgan fingerprint density at radius 3 is 2.40 bits per heavy atom. The summed E-state index contributed by atoms with van der Waals surface area (Å²) in [5.41, 5.74) is 1.29. The van der Waals surface area contributed by atoms with Gasteiger partial charge in [0.15, 0.2) is 18.2 Å². The molecule has 0 aliphatic heterocycles. The minimum Gasteiger partial charge on any atom is -0.302 e. The van der Waals surface area contributed by atoms with Crippen molar-refractivity contribution in [2.75, 3.05) is 20.6 Å². The van der Waals surface area contributed by atoms with E-state index in [1.54, 1.807) is 22.9 Å². The molecule has 4 nitrogen and oxygen atoms in total. The molecule has 3 aromatic rings. The number of rotatable bonds is 6. The standard InChI is InChI=1S/C21H21N2O2/c1-22(2)14-20(24)19-8-5-11-23(13-19)15-21(25)18-10-9-16-6-3-4-7-17(16)12-18/h3-13H,14-15H2,1-2H3/q+1. The first kappa shape index (κ1) is 17.0. The van der Waals surface area contributed by atoms with Crippen LogP contribution in [-0.2, 0) is 6.54 Å². The number of likely N-dealkylation sites (N-methyl/N-ethyl adjacent to an activating group) is 1. The second kappa shape index (κ2) is 7.36. The monoisotopic (exact) mass is 333 g/mol. The molecule has 0 aliphatic carbocycles. The highest BCUT2D eigenvalue weighted by molar-refractivity contribution is 5.99. The molecule has 0 bridgehead atoms. The molecule has 0 saturated heterocycles. The summed E-state index contributed by atoms with van der Waals surface area (Å²) >= 11 is 0. The molecule has 0 aliphatic rings. The number of Topliss-reactive ketones (excluding diaryl/α,β-unsaturated/α-hetero) is 2. The molecule has 0 N–H and O–H groups in total. The topological polar surface area (TPSA) is 41.3 Å². The van der Waals surface area contributed by atoms with Gasteiger partial charge in [-0.15, -0.1) is 0 Å². The molecule has 0 spiro atoms. The SMILES string of the molecule is CN(C)CC(=O)c1ccc[n+](CC(=O)c2ccc3ccccc3c2)c1. The van der Waals surface area contributed by atoms with Gasteiger partial charge in [-0.1, -0.05) is 36.4 Å². The lowest BCUT2D eigenvalue weighted by Gasteiger charge is -2.07. The maximum absolute atomic E-state index is 12.6. The van der Waals surface area contributed by atoms with Crippen molar-refractivity contribution in [3.63, 3.8) is 0 Å². The van der Waals surface area contributed by atoms with Crippen molar-refractivity contribution in [3.05, 3.63) is 78.1 Å². The summed E-state index contributed by atoms with van der Waals surface area (Å²) in [4.78, 5) is 26.6. The van der Waals surface area contributed by atoms with Crippen molar-refractivity contribution in [2.45, 2.75) is 6.54 Å². The molecule has 1 aromatic heterocycles. The van der Waals surface area contributed by atoms with Crippen LogP contribution >= 0.6 is 0 Å². The average Bonchev–Trinajstić information content (AvgIpc) is 2.61. The fourth-order valence-corrected chi connectivity index (χ4v) is 2.78. The molecule has 3 rings (SSSR count). The fourth-order valence-electron chi connectivity index (χ4n) is 2.78. The van der Waals surface area contributed by atoms with Gasteiger partial charge in [-0.25, -0.2) is 0 Å². The molecular formula is C21H21N2O2+. The number of aromatic nitrogens is 1. The van der Waals surface area contributed by atoms with Crippen molar-refractivity contribution in [2.24, 2.45) is 0 Å². The van der Waals surface area contributed by atoms with Gasteiger partial charge in [0.05, 0.1) is 12.1 Å². The predicted octanol–water partition coefficient (Wildman–Crippen LogP) is 2.75. The van der Waals surface area contributed by atoms with E-state index in [1.165, 1.54) is 0 Å². The van der Waals surface area contributed by atoms with E-state index in [1.807, 2.05) is 67.7 Å². The Morgan fingerprint density at radius 2 is 1.64 bits per heavy atom. The molecule has 0 unspecified atom stereocenters. The van der Waals surface area contributed by atoms with Crippen LogP contribution in [-0.4, -0.2) is 37.1 Å². The molecule has 4 heteroatoms. The summed E-state index contributed by atoms with van der Waals surface area (Å²) in [6.07, 6.45) is 3.55. The van der Waals surface area contributed by atoms with E-state index >= 15 is 0 Å². The highest BCUT2D eigenvalue weighted by atomic mass is 16.1. The van der Waals surface area contributed by atoms with Crippen molar-refractivity contribution in [1.29, 1.82) is 0 Å². The molecule has 2 aromatic carbocycles. The maximum Gasteiger partial charge on any atom is 0.227 e. The highest BCUT2D eigenvalue weighted by Crippen LogP contribution is 2.16. The first-order valence-electron chi connectivity index (χ1n) is 8.22. The Morgan fingerprint density at radius 1 is 0.880 bits per heavy atom. The minimum absolute atomic E-state index is 0.0213. The normalized spacial score (nSPS) is 11.0. The number of nitrogens with zero attached hydrogens (tertiary/aromatic N) is 2. The molecule has 25 heavy (non-hydrogen) atoms. The molecule has 1 heterocycles. The second-order valence-electron chi connectivity index (χ2n) is 6.41. The van der Waals surface area contributed by atoms with Gasteiger partial charge in [-0.05, 0) is 37.0 Å². The van der Waals surface area contributed by atoms with Crippen LogP contribution in [0.25, 0.3) is 10.8 Å². The van der Waals surface area contributed by atoms with Gasteiger partial charge in [-0.2, -0.15) is 4.57 Å². The van der Waals surface area contributed by atoms with Crippen LogP contribution < -0.4 is 4.57 Å². The van der Waals surface area contributed by atoms with Crippen LogP contribution in [0, 0.1) is 0 Å². The summed E-state index contributed by atoms with van der Waals surface area (Å²) in [5.74, 6) is 0.0606. The van der Waals surface area contributed by atoms with Crippen LogP contribution in [0.2, 0.25) is 0 Å². The number of carbonyl (C=O) groups is 2. The number of hydrogen-bond acceptors (Lipinski definition) is 3. The van der Waals surface area contributed by atoms with E-state index in [9.17, 15) is 9.59 Å². The van der Waals surface area contributed by atoms with Crippen LogP contribution in [0.4, 0.5) is 0 Å². The second-order valence-corrected chi connectivity index (χ2v) is 6.41. The van der Waals surface area contributed by atoms with E-state index < -0.39 is 0 Å². The van der Waals surface area contributed by atoms with Crippen LogP contribution in [0.1, 0.15) is 20.7 Å². The number of carbonyl (C=O) groups excluding carboxylic acids is 2. The Kier molecular flexibility index (Phi) is 5.00. The van der Waals surface area contributed by atoms with Gasteiger partial charge in [0, 0.05) is 11.6 Å². The zero-order chi connectivity index (χ0) is 17.8. The third-order valence-electron chi connectivity index (χ3n) is 4.04. The lowest BCUT2D eigenvalue weighted by Crippen LogP contribution is -2.38. The molecule has 0 amide bonds. The summed E-state index contributed by atoms with van der Waals surface area (Å²) in [6.45, 7) is 0.560. The van der Waals surface area contributed by atoms with Crippen LogP contribution in [0.15, 0.2) is 67.0 Å². The molecule has 0 radical (unpaired) electrons. The van der Waals surface area contributed by atoms with Gasteiger partial charge in [-0.3, -0.25) is 9.59 Å². The molecule has 0 atom stereocenters. The predicted molar refractivity (Wildman–Crippen MR) is 97.8 cm³/mol. The van der Waals surface area contributed by atoms with Crippen LogP contribution in [0.5, 0.6) is 0 Å². The number of fused-ring (bicyclic) bond motifs is 1. The Bertz CT molecular complexity index is 932. The quantitative estimate of drug-likeness (QED) is 0.514. The van der Waals surface area contributed by atoms with Gasteiger partial charge >= 0.3 is 0 Å². The number of benzene rings is 2. The molecule has 0 fully saturated rings. The van der Waals surface area contributed by atoms with E-state index in [-0.39, 0.29) is 18.1 Å². The van der Waals surface area contributed by atoms with Crippen molar-refractivity contribution >= 4 is 22.3 Å². The molecular weight excluding hydrogens is 312 g/mol. The van der Waals surface area contributed by atoms with Crippen LogP contribution in [0.3, 0.4) is 0 Å². The summed E-state index contributed by atoms with van der Waals surface area (Å²) in [7, 11) is 3.72. The van der Waals surface area contributed by atoms with Gasteiger partial charge in [0.25, 0.3) is 0 Å². The third kappa shape index (κ3) is 4.17. The Hall–Kier alpha value is -2.85. The van der Waals surface area contributed by atoms with Crippen molar-refractivity contribution in [1.82, 2.24) is 4.90 Å². The minimum atomic E-state index is 0.0213. The lowest BCUT2D eigenvalue weighted by atomic mass is 10.0. The van der Waals surface area contributed by atoms with Crippen molar-refractivity contribution < 1.29 is 14.2 Å². The van der Waals surface area contributed by atoms with E-state index in [0.29, 0.717) is 17.7 Å². The summed E-state index contributed by atoms with van der Waals surface area (Å²) in [5, 5.41) is 2.16. The number of pyridine rings is 1. The summed E-state index contributed by atoms with van der Waals surface area (Å²) in [6, 6.07) is 17.3. The zero-order valence-corrected chi connectivity index (χ0v) is 14.5. The van der Waals surface area contributed by atoms with Gasteiger partial charge in [0.2, 0.25) is 12.3 Å². The summed E-state index contributed by atoms with van der Waals surface area (Å²) < 4.78 is 1.76. The van der Waals surface area contributed by atoms with Gasteiger partial charge in [0.1, 0.15) is 0 Å². The molecule has 0 saturated carbocycles. The number of hydrogen-bond donors (Lipinski definition) is 0. The average molecular weight is 333 g/mol. The largest absolute Gasteiger partial charge is 0.302 e. The lowest BCUT2D eigenvalue weighted by molar-refractivity contribution is -0.683. The Balaban J connectivity index is 1.79. The maximum atomic E-state index is 12.6. The smallest absolute Gasteiger partial charge is 0.227 e. The van der Waals surface area contributed by atoms with E-state index in [2.05, 4.69) is 0 Å². The van der Waals surface area contributed by atoms with Gasteiger partial charge < -0.3 is 4.90 Å². The first-order chi connectivity index (χ1) is 12.0. The fraction of sp³-hybridized carbons (Fsp3) is 0.190. The van der Waals surface area contributed by atoms with E-state index in [0.717, 1.165) is 10.8 Å². The number of ketones is 2. The van der Waals surface area contributed by atoms with E-state index in [4.69, 9.17) is 0 Å². The van der Waals surface area contributed by atoms with Crippen molar-refractivity contribution in [3.8, 4) is 0 Å². The third-order valence-corrected chi connectivity index (χ3v) is 4.04. The first-order valence-corrected chi connectivity index (χ1v) is 8.22. The Labute approximate surface area is 147 Å².